The van der Waals surface area contributed by atoms with Crippen molar-refractivity contribution >= 4 is 46.2 Å². The molecule has 4 rings (SSSR count). The third-order valence-corrected chi connectivity index (χ3v) is 5.28. The predicted molar refractivity (Wildman–Crippen MR) is 120 cm³/mol. The summed E-state index contributed by atoms with van der Waals surface area (Å²) in [6, 6.07) is 15.2. The highest BCUT2D eigenvalue weighted by molar-refractivity contribution is 6.30. The number of hydrogen-bond acceptors (Lipinski definition) is 6. The van der Waals surface area contributed by atoms with Crippen LogP contribution in [0.2, 0.25) is 5.02 Å². The average molecular weight is 453 g/mol. The van der Waals surface area contributed by atoms with Gasteiger partial charge in [0.2, 0.25) is 0 Å². The summed E-state index contributed by atoms with van der Waals surface area (Å²) in [4.78, 5) is 43.9. The molecule has 0 spiro atoms. The van der Waals surface area contributed by atoms with Crippen LogP contribution in [-0.4, -0.2) is 29.6 Å². The molecule has 7 nitrogen and oxygen atoms in total. The van der Waals surface area contributed by atoms with Crippen molar-refractivity contribution in [3.63, 3.8) is 0 Å². The SMILES string of the molecule is CC(C)COC(=O)OC(=O)CC1c2nc3ccccc3cc2C(=O)N1c1ccc(Cl)cc1. The Morgan fingerprint density at radius 1 is 1.12 bits per heavy atom. The Balaban J connectivity index is 1.67. The Labute approximate surface area is 189 Å². The molecule has 0 fully saturated rings. The van der Waals surface area contributed by atoms with Crippen molar-refractivity contribution < 1.29 is 23.9 Å². The molecule has 0 bridgehead atoms. The largest absolute Gasteiger partial charge is 0.516 e. The predicted octanol–water partition coefficient (Wildman–Crippen LogP) is 5.32. The molecule has 2 aromatic carbocycles. The van der Waals surface area contributed by atoms with Crippen LogP contribution in [0, 0.1) is 5.92 Å². The molecule has 32 heavy (non-hydrogen) atoms. The summed E-state index contributed by atoms with van der Waals surface area (Å²) >= 11 is 6.00. The van der Waals surface area contributed by atoms with Crippen LogP contribution in [0.1, 0.15) is 42.4 Å². The number of carbonyl (C=O) groups excluding carboxylic acids is 3. The molecule has 1 atom stereocenters. The summed E-state index contributed by atoms with van der Waals surface area (Å²) < 4.78 is 9.74. The van der Waals surface area contributed by atoms with E-state index in [1.165, 1.54) is 4.90 Å². The zero-order chi connectivity index (χ0) is 22.8. The highest BCUT2D eigenvalue weighted by atomic mass is 35.5. The zero-order valence-electron chi connectivity index (χ0n) is 17.6. The minimum Gasteiger partial charge on any atom is -0.434 e. The summed E-state index contributed by atoms with van der Waals surface area (Å²) in [6.45, 7) is 3.88. The zero-order valence-corrected chi connectivity index (χ0v) is 18.3. The van der Waals surface area contributed by atoms with Crippen LogP contribution >= 0.6 is 11.6 Å². The van der Waals surface area contributed by atoms with Crippen molar-refractivity contribution in [3.05, 3.63) is 70.9 Å². The van der Waals surface area contributed by atoms with E-state index in [2.05, 4.69) is 4.98 Å². The number of halogens is 1. The van der Waals surface area contributed by atoms with E-state index in [1.54, 1.807) is 30.3 Å². The number of amides is 1. The van der Waals surface area contributed by atoms with Gasteiger partial charge in [0.15, 0.2) is 0 Å². The highest BCUT2D eigenvalue weighted by Gasteiger charge is 2.41. The molecule has 0 N–H and O–H groups in total. The molecule has 1 unspecified atom stereocenters. The number of nitrogens with zero attached hydrogens (tertiary/aromatic N) is 2. The lowest BCUT2D eigenvalue weighted by Crippen LogP contribution is -2.30. The number of fused-ring (bicyclic) bond motifs is 2. The maximum atomic E-state index is 13.3. The lowest BCUT2D eigenvalue weighted by atomic mass is 10.1. The number of carbonyl (C=O) groups is 3. The summed E-state index contributed by atoms with van der Waals surface area (Å²) in [5.41, 5.74) is 2.11. The van der Waals surface area contributed by atoms with Gasteiger partial charge in [0.05, 0.1) is 35.8 Å². The first kappa shape index (κ1) is 21.8. The third kappa shape index (κ3) is 4.43. The number of esters is 1. The summed E-state index contributed by atoms with van der Waals surface area (Å²) in [7, 11) is 0. The van der Waals surface area contributed by atoms with Crippen molar-refractivity contribution in [1.29, 1.82) is 0 Å². The molecule has 1 amide bonds. The van der Waals surface area contributed by atoms with Gasteiger partial charge in [0.1, 0.15) is 0 Å². The maximum absolute atomic E-state index is 13.3. The molecule has 8 heteroatoms. The smallest absolute Gasteiger partial charge is 0.434 e. The molecular formula is C24H21ClN2O5. The van der Waals surface area contributed by atoms with Gasteiger partial charge in [-0.1, -0.05) is 43.6 Å². The molecule has 2 heterocycles. The fraction of sp³-hybridized carbons (Fsp3) is 0.250. The molecular weight excluding hydrogens is 432 g/mol. The normalized spacial score (nSPS) is 15.2. The van der Waals surface area contributed by atoms with E-state index >= 15 is 0 Å². The van der Waals surface area contributed by atoms with Gasteiger partial charge >= 0.3 is 12.1 Å². The van der Waals surface area contributed by atoms with Gasteiger partial charge < -0.3 is 9.47 Å². The van der Waals surface area contributed by atoms with Crippen molar-refractivity contribution in [2.45, 2.75) is 26.3 Å². The fourth-order valence-corrected chi connectivity index (χ4v) is 3.72. The Morgan fingerprint density at radius 2 is 1.84 bits per heavy atom. The van der Waals surface area contributed by atoms with Gasteiger partial charge in [-0.3, -0.25) is 14.5 Å². The van der Waals surface area contributed by atoms with Crippen LogP contribution in [0.25, 0.3) is 10.9 Å². The first-order chi connectivity index (χ1) is 15.3. The molecule has 0 saturated carbocycles. The second kappa shape index (κ2) is 8.96. The van der Waals surface area contributed by atoms with Crippen LogP contribution in [0.5, 0.6) is 0 Å². The number of benzene rings is 2. The molecule has 0 saturated heterocycles. The van der Waals surface area contributed by atoms with Crippen LogP contribution in [0.15, 0.2) is 54.6 Å². The number of para-hydroxylation sites is 1. The van der Waals surface area contributed by atoms with Crippen LogP contribution in [0.4, 0.5) is 10.5 Å². The number of anilines is 1. The first-order valence-electron chi connectivity index (χ1n) is 10.2. The van der Waals surface area contributed by atoms with E-state index in [9.17, 15) is 14.4 Å². The van der Waals surface area contributed by atoms with E-state index < -0.39 is 18.2 Å². The quantitative estimate of drug-likeness (QED) is 0.385. The first-order valence-corrected chi connectivity index (χ1v) is 10.6. The van der Waals surface area contributed by atoms with Crippen molar-refractivity contribution in [2.24, 2.45) is 5.92 Å². The number of hydrogen-bond donors (Lipinski definition) is 0. The van der Waals surface area contributed by atoms with Crippen LogP contribution in [-0.2, 0) is 14.3 Å². The summed E-state index contributed by atoms with van der Waals surface area (Å²) in [5, 5.41) is 1.33. The van der Waals surface area contributed by atoms with Gasteiger partial charge in [-0.2, -0.15) is 0 Å². The van der Waals surface area contributed by atoms with Gasteiger partial charge in [-0.05, 0) is 42.3 Å². The monoisotopic (exact) mass is 452 g/mol. The Hall–Kier alpha value is -3.45. The van der Waals surface area contributed by atoms with E-state index in [-0.39, 0.29) is 24.9 Å². The molecule has 1 aromatic heterocycles. The maximum Gasteiger partial charge on any atom is 0.516 e. The van der Waals surface area contributed by atoms with E-state index in [1.807, 2.05) is 38.1 Å². The topological polar surface area (TPSA) is 85.8 Å². The van der Waals surface area contributed by atoms with Crippen LogP contribution in [0.3, 0.4) is 0 Å². The van der Waals surface area contributed by atoms with E-state index in [4.69, 9.17) is 21.1 Å². The van der Waals surface area contributed by atoms with E-state index in [0.29, 0.717) is 27.5 Å². The standard InChI is InChI=1S/C24H21ClN2O5/c1-14(2)13-31-24(30)32-21(28)12-20-22-18(11-15-5-3-4-6-19(15)26-22)23(29)27(20)17-9-7-16(25)8-10-17/h3-11,14,20H,12-13H2,1-2H3. The average Bonchev–Trinajstić information content (AvgIpc) is 3.02. The highest BCUT2D eigenvalue weighted by Crippen LogP contribution is 2.40. The second-order valence-corrected chi connectivity index (χ2v) is 8.35. The summed E-state index contributed by atoms with van der Waals surface area (Å²) in [5.74, 6) is -0.992. The Kier molecular flexibility index (Phi) is 6.10. The Bertz CT molecular complexity index is 1190. The molecule has 3 aromatic rings. The second-order valence-electron chi connectivity index (χ2n) is 7.91. The van der Waals surface area contributed by atoms with Crippen molar-refractivity contribution in [1.82, 2.24) is 4.98 Å². The van der Waals surface area contributed by atoms with Gasteiger partial charge in [0, 0.05) is 16.1 Å². The number of rotatable bonds is 5. The molecule has 0 radical (unpaired) electrons. The Morgan fingerprint density at radius 3 is 2.56 bits per heavy atom. The number of pyridine rings is 1. The van der Waals surface area contributed by atoms with Crippen molar-refractivity contribution in [2.75, 3.05) is 11.5 Å². The third-order valence-electron chi connectivity index (χ3n) is 5.03. The fourth-order valence-electron chi connectivity index (χ4n) is 3.59. The van der Waals surface area contributed by atoms with Crippen LogP contribution < -0.4 is 4.90 Å². The van der Waals surface area contributed by atoms with Crippen molar-refractivity contribution in [3.8, 4) is 0 Å². The number of aromatic nitrogens is 1. The lowest BCUT2D eigenvalue weighted by Gasteiger charge is -2.24. The van der Waals surface area contributed by atoms with E-state index in [0.717, 1.165) is 5.39 Å². The molecule has 1 aliphatic heterocycles. The number of ether oxygens (including phenoxy) is 2. The molecule has 164 valence electrons. The van der Waals surface area contributed by atoms with Gasteiger partial charge in [-0.15, -0.1) is 0 Å². The minimum absolute atomic E-state index is 0.106. The van der Waals surface area contributed by atoms with Gasteiger partial charge in [-0.25, -0.2) is 9.78 Å². The molecule has 0 aliphatic carbocycles. The molecule has 1 aliphatic rings. The minimum atomic E-state index is -1.06. The summed E-state index contributed by atoms with van der Waals surface area (Å²) in [6.07, 6.45) is -1.32. The lowest BCUT2D eigenvalue weighted by molar-refractivity contribution is -0.140. The van der Waals surface area contributed by atoms with Gasteiger partial charge in [0.25, 0.3) is 5.91 Å².